The highest BCUT2D eigenvalue weighted by molar-refractivity contribution is 5.92. The van der Waals surface area contributed by atoms with Gasteiger partial charge < -0.3 is 14.8 Å². The van der Waals surface area contributed by atoms with Crippen molar-refractivity contribution in [1.82, 2.24) is 5.32 Å². The van der Waals surface area contributed by atoms with Crippen molar-refractivity contribution < 1.29 is 14.3 Å². The molecule has 2 N–H and O–H groups in total. The van der Waals surface area contributed by atoms with Gasteiger partial charge in [-0.1, -0.05) is 6.08 Å². The van der Waals surface area contributed by atoms with Crippen molar-refractivity contribution in [1.29, 1.82) is 0 Å². The van der Waals surface area contributed by atoms with Gasteiger partial charge in [0.15, 0.2) is 5.42 Å². The van der Waals surface area contributed by atoms with Crippen molar-refractivity contribution in [3.05, 3.63) is 46.4 Å². The molecule has 0 atom stereocenters. The molecule has 0 unspecified atom stereocenters. The topological polar surface area (TPSA) is 62.5 Å². The minimum Gasteiger partial charge on any atom is -0.477 e. The number of hydrogen-bond acceptors (Lipinski definition) is 3. The maximum atomic E-state index is 10.8. The van der Waals surface area contributed by atoms with E-state index in [1.54, 1.807) is 12.2 Å². The molecule has 3 rings (SSSR count). The molecule has 0 spiro atoms. The standard InChI is InChI=1S/C11H7NO3/c13-11(14)8-3-1-6-5-7-2-4-9(15-7)10(6)12-8/h1-5,12H,(H,13,14). The van der Waals surface area contributed by atoms with Gasteiger partial charge >= 0.3 is 5.97 Å². The lowest BCUT2D eigenvalue weighted by Crippen LogP contribution is -2.28. The van der Waals surface area contributed by atoms with Gasteiger partial charge in [0.05, 0.1) is 5.70 Å². The number of carbonyl (C=O) groups is 1. The van der Waals surface area contributed by atoms with E-state index in [0.717, 1.165) is 11.0 Å². The molecule has 2 aliphatic rings. The molecule has 4 heteroatoms. The Morgan fingerprint density at radius 3 is 3.00 bits per heavy atom. The molecule has 2 bridgehead atoms. The summed E-state index contributed by atoms with van der Waals surface area (Å²) in [6, 6.07) is 3.67. The van der Waals surface area contributed by atoms with Crippen LogP contribution in [0.25, 0.3) is 11.8 Å². The Bertz CT molecular complexity index is 631. The monoisotopic (exact) mass is 201 g/mol. The molecule has 15 heavy (non-hydrogen) atoms. The molecule has 3 heterocycles. The number of fused-ring (bicyclic) bond motifs is 3. The van der Waals surface area contributed by atoms with Crippen molar-refractivity contribution >= 4 is 17.7 Å². The SMILES string of the molecule is O=C(O)C1=CC=C2C=c3ccc(o3)=C2N1. The Labute approximate surface area is 84.5 Å². The second-order valence-electron chi connectivity index (χ2n) is 3.35. The molecular weight excluding hydrogens is 194 g/mol. The Morgan fingerprint density at radius 2 is 2.20 bits per heavy atom. The fourth-order valence-corrected chi connectivity index (χ4v) is 1.67. The highest BCUT2D eigenvalue weighted by Gasteiger charge is 2.18. The fourth-order valence-electron chi connectivity index (χ4n) is 1.67. The van der Waals surface area contributed by atoms with Gasteiger partial charge in [0.2, 0.25) is 0 Å². The second-order valence-corrected chi connectivity index (χ2v) is 3.35. The third-order valence-corrected chi connectivity index (χ3v) is 2.38. The van der Waals surface area contributed by atoms with Gasteiger partial charge in [-0.15, -0.1) is 0 Å². The molecule has 0 amide bonds. The summed E-state index contributed by atoms with van der Waals surface area (Å²) >= 11 is 0. The number of aliphatic carboxylic acids is 1. The maximum Gasteiger partial charge on any atom is 0.352 e. The summed E-state index contributed by atoms with van der Waals surface area (Å²) in [5, 5.41) is 11.7. The average Bonchev–Trinajstić information content (AvgIpc) is 2.61. The van der Waals surface area contributed by atoms with Crippen LogP contribution in [0.4, 0.5) is 0 Å². The van der Waals surface area contributed by atoms with Gasteiger partial charge in [-0.2, -0.15) is 0 Å². The van der Waals surface area contributed by atoms with Crippen LogP contribution in [-0.4, -0.2) is 11.1 Å². The lowest BCUT2D eigenvalue weighted by atomic mass is 10.1. The van der Waals surface area contributed by atoms with Crippen LogP contribution >= 0.6 is 0 Å². The van der Waals surface area contributed by atoms with Crippen molar-refractivity contribution in [3.63, 3.8) is 0 Å². The van der Waals surface area contributed by atoms with Crippen LogP contribution in [0.15, 0.2) is 40.0 Å². The van der Waals surface area contributed by atoms with E-state index in [1.807, 2.05) is 18.2 Å². The number of carboxylic acids is 1. The number of rotatable bonds is 1. The van der Waals surface area contributed by atoms with Crippen LogP contribution in [0.2, 0.25) is 0 Å². The third-order valence-electron chi connectivity index (χ3n) is 2.38. The Kier molecular flexibility index (Phi) is 1.42. The van der Waals surface area contributed by atoms with Gasteiger partial charge in [-0.25, -0.2) is 4.79 Å². The van der Waals surface area contributed by atoms with E-state index in [9.17, 15) is 4.79 Å². The van der Waals surface area contributed by atoms with E-state index < -0.39 is 5.97 Å². The number of hydrogen-bond donors (Lipinski definition) is 2. The summed E-state index contributed by atoms with van der Waals surface area (Å²) in [5.74, 6) is -0.977. The van der Waals surface area contributed by atoms with Crippen molar-refractivity contribution in [3.8, 4) is 0 Å². The summed E-state index contributed by atoms with van der Waals surface area (Å²) in [6.45, 7) is 0. The summed E-state index contributed by atoms with van der Waals surface area (Å²) in [5.41, 5.74) is 3.27. The number of carboxylic acid groups (broad SMARTS) is 1. The van der Waals surface area contributed by atoms with E-state index in [-0.39, 0.29) is 5.70 Å². The normalized spacial score (nSPS) is 16.9. The van der Waals surface area contributed by atoms with Crippen LogP contribution in [0.5, 0.6) is 0 Å². The van der Waals surface area contributed by atoms with Gasteiger partial charge in [0.25, 0.3) is 0 Å². The molecule has 0 aliphatic carbocycles. The summed E-state index contributed by atoms with van der Waals surface area (Å²) < 4.78 is 5.40. The molecule has 0 saturated heterocycles. The highest BCUT2D eigenvalue weighted by atomic mass is 16.4. The molecule has 0 aromatic carbocycles. The first kappa shape index (κ1) is 8.11. The van der Waals surface area contributed by atoms with Crippen LogP contribution in [0, 0.1) is 0 Å². The van der Waals surface area contributed by atoms with Crippen molar-refractivity contribution in [2.24, 2.45) is 0 Å². The zero-order valence-corrected chi connectivity index (χ0v) is 7.65. The predicted octanol–water partition coefficient (Wildman–Crippen LogP) is -0.320. The molecule has 74 valence electrons. The maximum absolute atomic E-state index is 10.8. The van der Waals surface area contributed by atoms with E-state index in [1.165, 1.54) is 0 Å². The minimum atomic E-state index is -0.977. The predicted molar refractivity (Wildman–Crippen MR) is 52.8 cm³/mol. The van der Waals surface area contributed by atoms with Crippen LogP contribution < -0.4 is 16.1 Å². The smallest absolute Gasteiger partial charge is 0.352 e. The fraction of sp³-hybridized carbons (Fsp3) is 0. The highest BCUT2D eigenvalue weighted by Crippen LogP contribution is 2.17. The van der Waals surface area contributed by atoms with E-state index in [4.69, 9.17) is 9.52 Å². The number of dihydropyridines is 1. The number of allylic oxidation sites excluding steroid dienone is 2. The first-order valence-corrected chi connectivity index (χ1v) is 4.48. The van der Waals surface area contributed by atoms with Gasteiger partial charge in [-0.05, 0) is 24.3 Å². The Balaban J connectivity index is 2.22. The zero-order chi connectivity index (χ0) is 10.4. The van der Waals surface area contributed by atoms with Crippen molar-refractivity contribution in [2.45, 2.75) is 0 Å². The summed E-state index contributed by atoms with van der Waals surface area (Å²) in [6.07, 6.45) is 5.18. The Morgan fingerprint density at radius 1 is 1.33 bits per heavy atom. The van der Waals surface area contributed by atoms with Gasteiger partial charge in [-0.3, -0.25) is 0 Å². The molecular formula is C11H7NO3. The van der Waals surface area contributed by atoms with Crippen LogP contribution in [0.1, 0.15) is 0 Å². The third kappa shape index (κ3) is 1.11. The zero-order valence-electron chi connectivity index (χ0n) is 7.65. The van der Waals surface area contributed by atoms with Gasteiger partial charge in [0.1, 0.15) is 11.1 Å². The molecule has 0 fully saturated rings. The molecule has 2 aliphatic heterocycles. The molecule has 1 aromatic heterocycles. The first-order valence-electron chi connectivity index (χ1n) is 4.48. The van der Waals surface area contributed by atoms with Crippen molar-refractivity contribution in [2.75, 3.05) is 0 Å². The number of furan rings is 1. The lowest BCUT2D eigenvalue weighted by Gasteiger charge is -2.16. The molecule has 1 aromatic rings. The van der Waals surface area contributed by atoms with E-state index in [0.29, 0.717) is 11.1 Å². The lowest BCUT2D eigenvalue weighted by molar-refractivity contribution is -0.132. The van der Waals surface area contributed by atoms with Crippen LogP contribution in [-0.2, 0) is 4.79 Å². The minimum absolute atomic E-state index is 0.155. The first-order chi connectivity index (χ1) is 7.24. The average molecular weight is 201 g/mol. The second kappa shape index (κ2) is 2.63. The van der Waals surface area contributed by atoms with E-state index in [2.05, 4.69) is 5.32 Å². The molecule has 4 nitrogen and oxygen atoms in total. The molecule has 0 radical (unpaired) electrons. The summed E-state index contributed by atoms with van der Waals surface area (Å²) in [7, 11) is 0. The molecule has 0 saturated carbocycles. The van der Waals surface area contributed by atoms with Gasteiger partial charge in [0, 0.05) is 5.57 Å². The number of nitrogens with one attached hydrogen (secondary N) is 1. The van der Waals surface area contributed by atoms with Crippen LogP contribution in [0.3, 0.4) is 0 Å². The summed E-state index contributed by atoms with van der Waals surface area (Å²) in [4.78, 5) is 10.8. The Hall–Kier alpha value is -2.23. The van der Waals surface area contributed by atoms with E-state index >= 15 is 0 Å². The quantitative estimate of drug-likeness (QED) is 0.653. The largest absolute Gasteiger partial charge is 0.477 e.